The first kappa shape index (κ1) is 14.1. The minimum absolute atomic E-state index is 0.0480. The fourth-order valence-corrected chi connectivity index (χ4v) is 1.82. The Bertz CT molecular complexity index is 631. The average molecular weight is 274 g/mol. The van der Waals surface area contributed by atoms with Gasteiger partial charge in [-0.25, -0.2) is 0 Å². The standard InChI is InChI=1S/C16H12F2O2/c1-11(19)12-7-9-14(10-8-12)16(17,18)15(20)13-5-3-2-4-6-13/h2-10H,1H3. The van der Waals surface area contributed by atoms with E-state index in [2.05, 4.69) is 0 Å². The van der Waals surface area contributed by atoms with Crippen LogP contribution < -0.4 is 0 Å². The van der Waals surface area contributed by atoms with E-state index in [1.807, 2.05) is 0 Å². The summed E-state index contributed by atoms with van der Waals surface area (Å²) in [6.45, 7) is 1.35. The molecule has 0 saturated carbocycles. The second-order valence-corrected chi connectivity index (χ2v) is 4.40. The van der Waals surface area contributed by atoms with Crippen LogP contribution in [0, 0.1) is 0 Å². The first-order chi connectivity index (χ1) is 9.43. The smallest absolute Gasteiger partial charge is 0.295 e. The Morgan fingerprint density at radius 1 is 0.850 bits per heavy atom. The van der Waals surface area contributed by atoms with E-state index in [1.54, 1.807) is 6.07 Å². The Morgan fingerprint density at radius 3 is 1.90 bits per heavy atom. The van der Waals surface area contributed by atoms with Gasteiger partial charge in [0.25, 0.3) is 0 Å². The van der Waals surface area contributed by atoms with Crippen LogP contribution >= 0.6 is 0 Å². The van der Waals surface area contributed by atoms with E-state index >= 15 is 0 Å². The molecule has 20 heavy (non-hydrogen) atoms. The molecule has 0 aliphatic heterocycles. The van der Waals surface area contributed by atoms with Gasteiger partial charge in [0, 0.05) is 16.7 Å². The van der Waals surface area contributed by atoms with Crippen molar-refractivity contribution in [2.75, 3.05) is 0 Å². The van der Waals surface area contributed by atoms with Gasteiger partial charge in [-0.05, 0) is 6.92 Å². The second-order valence-electron chi connectivity index (χ2n) is 4.40. The predicted octanol–water partition coefficient (Wildman–Crippen LogP) is 3.86. The number of halogens is 2. The molecule has 0 bridgehead atoms. The van der Waals surface area contributed by atoms with Crippen LogP contribution in [0.3, 0.4) is 0 Å². The van der Waals surface area contributed by atoms with Crippen LogP contribution in [0.4, 0.5) is 8.78 Å². The summed E-state index contributed by atoms with van der Waals surface area (Å²) in [6, 6.07) is 12.2. The van der Waals surface area contributed by atoms with E-state index in [-0.39, 0.29) is 11.3 Å². The maximum absolute atomic E-state index is 14.1. The Kier molecular flexibility index (Phi) is 3.74. The van der Waals surface area contributed by atoms with Crippen molar-refractivity contribution in [1.82, 2.24) is 0 Å². The molecule has 0 saturated heterocycles. The maximum Gasteiger partial charge on any atom is 0.334 e. The summed E-state index contributed by atoms with van der Waals surface area (Å²) in [5.74, 6) is -5.08. The Labute approximate surface area is 115 Å². The van der Waals surface area contributed by atoms with Crippen molar-refractivity contribution in [2.45, 2.75) is 12.8 Å². The highest BCUT2D eigenvalue weighted by atomic mass is 19.3. The molecule has 2 rings (SSSR count). The topological polar surface area (TPSA) is 34.1 Å². The first-order valence-electron chi connectivity index (χ1n) is 6.02. The van der Waals surface area contributed by atoms with E-state index in [0.29, 0.717) is 5.56 Å². The molecule has 4 heteroatoms. The highest BCUT2D eigenvalue weighted by molar-refractivity contribution is 6.02. The van der Waals surface area contributed by atoms with Gasteiger partial charge in [-0.1, -0.05) is 54.6 Å². The van der Waals surface area contributed by atoms with Gasteiger partial charge in [-0.3, -0.25) is 9.59 Å². The van der Waals surface area contributed by atoms with Crippen molar-refractivity contribution in [2.24, 2.45) is 0 Å². The molecule has 0 radical (unpaired) electrons. The molecular weight excluding hydrogens is 262 g/mol. The summed E-state index contributed by atoms with van der Waals surface area (Å²) in [4.78, 5) is 23.0. The maximum atomic E-state index is 14.1. The minimum Gasteiger partial charge on any atom is -0.295 e. The van der Waals surface area contributed by atoms with Gasteiger partial charge < -0.3 is 0 Å². The van der Waals surface area contributed by atoms with E-state index in [9.17, 15) is 18.4 Å². The van der Waals surface area contributed by atoms with Gasteiger partial charge in [-0.15, -0.1) is 0 Å². The van der Waals surface area contributed by atoms with Gasteiger partial charge in [0.15, 0.2) is 5.78 Å². The largest absolute Gasteiger partial charge is 0.334 e. The molecule has 2 aromatic carbocycles. The molecule has 2 nitrogen and oxygen atoms in total. The number of Topliss-reactive ketones (excluding diaryl/α,β-unsaturated/α-hetero) is 2. The van der Waals surface area contributed by atoms with Crippen LogP contribution in [0.25, 0.3) is 0 Å². The number of ketones is 2. The lowest BCUT2D eigenvalue weighted by Crippen LogP contribution is -2.26. The van der Waals surface area contributed by atoms with Crippen molar-refractivity contribution in [3.8, 4) is 0 Å². The number of rotatable bonds is 4. The fraction of sp³-hybridized carbons (Fsp3) is 0.125. The molecular formula is C16H12F2O2. The Morgan fingerprint density at radius 2 is 1.40 bits per heavy atom. The molecule has 102 valence electrons. The molecule has 0 atom stereocenters. The zero-order chi connectivity index (χ0) is 14.8. The highest BCUT2D eigenvalue weighted by Crippen LogP contribution is 2.32. The van der Waals surface area contributed by atoms with Crippen LogP contribution in [-0.4, -0.2) is 11.6 Å². The minimum atomic E-state index is -3.61. The lowest BCUT2D eigenvalue weighted by atomic mass is 9.97. The molecule has 0 heterocycles. The van der Waals surface area contributed by atoms with Crippen LogP contribution in [-0.2, 0) is 5.92 Å². The number of alkyl halides is 2. The molecule has 0 unspecified atom stereocenters. The number of hydrogen-bond donors (Lipinski definition) is 0. The Balaban J connectivity index is 2.34. The number of hydrogen-bond acceptors (Lipinski definition) is 2. The fourth-order valence-electron chi connectivity index (χ4n) is 1.82. The monoisotopic (exact) mass is 274 g/mol. The van der Waals surface area contributed by atoms with Crippen LogP contribution in [0.5, 0.6) is 0 Å². The lowest BCUT2D eigenvalue weighted by Gasteiger charge is -2.15. The van der Waals surface area contributed by atoms with Crippen molar-refractivity contribution in [3.05, 3.63) is 71.3 Å². The summed E-state index contributed by atoms with van der Waals surface area (Å²) in [5, 5.41) is 0. The van der Waals surface area contributed by atoms with Gasteiger partial charge in [-0.2, -0.15) is 8.78 Å². The van der Waals surface area contributed by atoms with E-state index in [1.165, 1.54) is 43.3 Å². The van der Waals surface area contributed by atoms with E-state index in [4.69, 9.17) is 0 Å². The molecule has 0 amide bonds. The highest BCUT2D eigenvalue weighted by Gasteiger charge is 2.41. The SMILES string of the molecule is CC(=O)c1ccc(C(F)(F)C(=O)c2ccccc2)cc1. The van der Waals surface area contributed by atoms with E-state index in [0.717, 1.165) is 12.1 Å². The van der Waals surface area contributed by atoms with Crippen LogP contribution in [0.15, 0.2) is 54.6 Å². The summed E-state index contributed by atoms with van der Waals surface area (Å²) in [5.41, 5.74) is -0.138. The molecule has 0 fully saturated rings. The van der Waals surface area contributed by atoms with Gasteiger partial charge in [0.2, 0.25) is 5.78 Å². The molecule has 0 aromatic heterocycles. The van der Waals surface area contributed by atoms with Crippen molar-refractivity contribution < 1.29 is 18.4 Å². The molecule has 0 aliphatic carbocycles. The first-order valence-corrected chi connectivity index (χ1v) is 6.02. The molecule has 0 aliphatic rings. The predicted molar refractivity (Wildman–Crippen MR) is 71.1 cm³/mol. The quantitative estimate of drug-likeness (QED) is 0.793. The van der Waals surface area contributed by atoms with Crippen molar-refractivity contribution >= 4 is 11.6 Å². The molecule has 2 aromatic rings. The molecule has 0 N–H and O–H groups in total. The van der Waals surface area contributed by atoms with Crippen LogP contribution in [0.2, 0.25) is 0 Å². The third kappa shape index (κ3) is 2.64. The zero-order valence-corrected chi connectivity index (χ0v) is 10.8. The normalized spacial score (nSPS) is 11.2. The second kappa shape index (κ2) is 5.33. The number of benzene rings is 2. The number of carbonyl (C=O) groups excluding carboxylic acids is 2. The van der Waals surface area contributed by atoms with Crippen molar-refractivity contribution in [3.63, 3.8) is 0 Å². The molecule has 0 spiro atoms. The summed E-state index contributed by atoms with van der Waals surface area (Å²) in [6.07, 6.45) is 0. The van der Waals surface area contributed by atoms with Gasteiger partial charge >= 0.3 is 5.92 Å². The Hall–Kier alpha value is -2.36. The summed E-state index contributed by atoms with van der Waals surface area (Å²) >= 11 is 0. The number of carbonyl (C=O) groups is 2. The van der Waals surface area contributed by atoms with Gasteiger partial charge in [0.1, 0.15) is 0 Å². The van der Waals surface area contributed by atoms with Crippen LogP contribution in [0.1, 0.15) is 33.2 Å². The lowest BCUT2D eigenvalue weighted by molar-refractivity contribution is 0.00742. The third-order valence-corrected chi connectivity index (χ3v) is 2.98. The average Bonchev–Trinajstić information content (AvgIpc) is 2.47. The van der Waals surface area contributed by atoms with Crippen molar-refractivity contribution in [1.29, 1.82) is 0 Å². The summed E-state index contributed by atoms with van der Waals surface area (Å²) in [7, 11) is 0. The van der Waals surface area contributed by atoms with E-state index < -0.39 is 17.3 Å². The zero-order valence-electron chi connectivity index (χ0n) is 10.8. The third-order valence-electron chi connectivity index (χ3n) is 2.98. The summed E-state index contributed by atoms with van der Waals surface area (Å²) < 4.78 is 28.3. The van der Waals surface area contributed by atoms with Gasteiger partial charge in [0.05, 0.1) is 0 Å².